The number of halogens is 1. The van der Waals surface area contributed by atoms with Gasteiger partial charge in [0.25, 0.3) is 0 Å². The third-order valence-corrected chi connectivity index (χ3v) is 5.28. The lowest BCUT2D eigenvalue weighted by molar-refractivity contribution is -0.132. The van der Waals surface area contributed by atoms with Crippen LogP contribution in [0.5, 0.6) is 0 Å². The number of sulfonamides is 1. The second kappa shape index (κ2) is 6.31. The maximum absolute atomic E-state index is 13.4. The molecule has 0 aromatic heterocycles. The van der Waals surface area contributed by atoms with E-state index in [2.05, 4.69) is 4.72 Å². The minimum absolute atomic E-state index is 0.121. The second-order valence-electron chi connectivity index (χ2n) is 5.55. The third kappa shape index (κ3) is 3.63. The van der Waals surface area contributed by atoms with E-state index in [1.807, 2.05) is 0 Å². The molecule has 2 rings (SSSR count). The first kappa shape index (κ1) is 16.9. The number of hydrogen-bond donors (Lipinski definition) is 2. The Hall–Kier alpha value is -1.51. The molecule has 1 aliphatic rings. The van der Waals surface area contributed by atoms with Gasteiger partial charge in [-0.25, -0.2) is 17.5 Å². The van der Waals surface area contributed by atoms with Gasteiger partial charge in [0.2, 0.25) is 15.9 Å². The Balaban J connectivity index is 2.19. The summed E-state index contributed by atoms with van der Waals surface area (Å²) in [5.74, 6) is -1.19. The number of ether oxygens (including phenoxy) is 1. The number of aryl methyl sites for hydroxylation is 1. The fourth-order valence-corrected chi connectivity index (χ4v) is 3.69. The Labute approximate surface area is 128 Å². The van der Waals surface area contributed by atoms with E-state index in [0.29, 0.717) is 31.6 Å². The normalized spacial score (nSPS) is 18.1. The maximum atomic E-state index is 13.4. The molecule has 0 spiro atoms. The molecule has 1 fully saturated rings. The van der Waals surface area contributed by atoms with E-state index in [1.54, 1.807) is 6.92 Å². The Morgan fingerprint density at radius 2 is 2.00 bits per heavy atom. The van der Waals surface area contributed by atoms with E-state index in [1.165, 1.54) is 12.1 Å². The van der Waals surface area contributed by atoms with Gasteiger partial charge in [0.15, 0.2) is 0 Å². The molecule has 22 heavy (non-hydrogen) atoms. The van der Waals surface area contributed by atoms with Crippen molar-refractivity contribution < 1.29 is 22.3 Å². The van der Waals surface area contributed by atoms with E-state index in [-0.39, 0.29) is 11.4 Å². The zero-order valence-electron chi connectivity index (χ0n) is 12.3. The fraction of sp³-hybridized carbons (Fsp3) is 0.500. The summed E-state index contributed by atoms with van der Waals surface area (Å²) in [5.41, 5.74) is 4.96. The van der Waals surface area contributed by atoms with Crippen LogP contribution in [0.3, 0.4) is 0 Å². The average molecular weight is 330 g/mol. The summed E-state index contributed by atoms with van der Waals surface area (Å²) in [4.78, 5) is 11.5. The fourth-order valence-electron chi connectivity index (χ4n) is 2.45. The molecule has 0 saturated carbocycles. The van der Waals surface area contributed by atoms with Crippen molar-refractivity contribution in [3.05, 3.63) is 29.6 Å². The Morgan fingerprint density at radius 3 is 2.55 bits per heavy atom. The standard InChI is InChI=1S/C14H19FN2O4S/c1-10-6-11(15)8-12(7-10)22(19,20)17-9-14(13(16)18)2-4-21-5-3-14/h6-8,17H,2-5,9H2,1H3,(H2,16,18). The highest BCUT2D eigenvalue weighted by molar-refractivity contribution is 7.89. The van der Waals surface area contributed by atoms with Crippen LogP contribution in [0.25, 0.3) is 0 Å². The average Bonchev–Trinajstić information content (AvgIpc) is 2.45. The highest BCUT2D eigenvalue weighted by Crippen LogP contribution is 2.30. The predicted molar refractivity (Wildman–Crippen MR) is 78.0 cm³/mol. The van der Waals surface area contributed by atoms with Crippen molar-refractivity contribution in [1.29, 1.82) is 0 Å². The van der Waals surface area contributed by atoms with Crippen LogP contribution in [-0.2, 0) is 19.6 Å². The SMILES string of the molecule is Cc1cc(F)cc(S(=O)(=O)NCC2(C(N)=O)CCOCC2)c1. The summed E-state index contributed by atoms with van der Waals surface area (Å²) >= 11 is 0. The Bertz CT molecular complexity index is 649. The molecule has 8 heteroatoms. The number of carbonyl (C=O) groups excluding carboxylic acids is 1. The molecule has 1 saturated heterocycles. The highest BCUT2D eigenvalue weighted by Gasteiger charge is 2.39. The molecule has 1 amide bonds. The zero-order valence-corrected chi connectivity index (χ0v) is 13.1. The van der Waals surface area contributed by atoms with Crippen LogP contribution in [-0.4, -0.2) is 34.1 Å². The topological polar surface area (TPSA) is 98.5 Å². The largest absolute Gasteiger partial charge is 0.381 e. The summed E-state index contributed by atoms with van der Waals surface area (Å²) in [6, 6.07) is 3.55. The van der Waals surface area contributed by atoms with Crippen LogP contribution in [0, 0.1) is 18.2 Å². The molecule has 0 atom stereocenters. The molecule has 0 radical (unpaired) electrons. The minimum atomic E-state index is -3.91. The van der Waals surface area contributed by atoms with E-state index >= 15 is 0 Å². The molecule has 0 aliphatic carbocycles. The molecule has 1 aromatic carbocycles. The van der Waals surface area contributed by atoms with Crippen LogP contribution in [0.1, 0.15) is 18.4 Å². The van der Waals surface area contributed by atoms with Crippen molar-refractivity contribution in [2.75, 3.05) is 19.8 Å². The van der Waals surface area contributed by atoms with Gasteiger partial charge in [-0.15, -0.1) is 0 Å². The van der Waals surface area contributed by atoms with Gasteiger partial charge in [-0.05, 0) is 43.5 Å². The van der Waals surface area contributed by atoms with Crippen LogP contribution in [0.2, 0.25) is 0 Å². The summed E-state index contributed by atoms with van der Waals surface area (Å²) in [6.07, 6.45) is 0.708. The first-order chi connectivity index (χ1) is 10.3. The third-order valence-electron chi connectivity index (χ3n) is 3.90. The summed E-state index contributed by atoms with van der Waals surface area (Å²) in [6.45, 7) is 2.18. The second-order valence-corrected chi connectivity index (χ2v) is 7.31. The van der Waals surface area contributed by atoms with Gasteiger partial charge < -0.3 is 10.5 Å². The molecular formula is C14H19FN2O4S. The lowest BCUT2D eigenvalue weighted by atomic mass is 9.80. The maximum Gasteiger partial charge on any atom is 0.240 e. The van der Waals surface area contributed by atoms with E-state index < -0.39 is 27.2 Å². The molecule has 1 aliphatic heterocycles. The van der Waals surface area contributed by atoms with Crippen molar-refractivity contribution >= 4 is 15.9 Å². The van der Waals surface area contributed by atoms with Gasteiger partial charge in [0.05, 0.1) is 10.3 Å². The number of hydrogen-bond acceptors (Lipinski definition) is 4. The van der Waals surface area contributed by atoms with E-state index in [9.17, 15) is 17.6 Å². The summed E-state index contributed by atoms with van der Waals surface area (Å²) in [5, 5.41) is 0. The van der Waals surface area contributed by atoms with Gasteiger partial charge in [-0.2, -0.15) is 0 Å². The number of nitrogens with one attached hydrogen (secondary N) is 1. The number of amides is 1. The zero-order chi connectivity index (χ0) is 16.4. The van der Waals surface area contributed by atoms with Crippen LogP contribution in [0.4, 0.5) is 4.39 Å². The van der Waals surface area contributed by atoms with Crippen LogP contribution < -0.4 is 10.5 Å². The van der Waals surface area contributed by atoms with Gasteiger partial charge in [-0.3, -0.25) is 4.79 Å². The first-order valence-electron chi connectivity index (χ1n) is 6.90. The van der Waals surface area contributed by atoms with Gasteiger partial charge in [-0.1, -0.05) is 0 Å². The lowest BCUT2D eigenvalue weighted by Gasteiger charge is -2.34. The number of nitrogens with two attached hydrogens (primary N) is 1. The van der Waals surface area contributed by atoms with E-state index in [4.69, 9.17) is 10.5 Å². The van der Waals surface area contributed by atoms with Gasteiger partial charge >= 0.3 is 0 Å². The minimum Gasteiger partial charge on any atom is -0.381 e. The van der Waals surface area contributed by atoms with Crippen molar-refractivity contribution in [2.24, 2.45) is 11.1 Å². The summed E-state index contributed by atoms with van der Waals surface area (Å²) < 4.78 is 45.5. The van der Waals surface area contributed by atoms with Crippen molar-refractivity contribution in [3.8, 4) is 0 Å². The summed E-state index contributed by atoms with van der Waals surface area (Å²) in [7, 11) is -3.91. The van der Waals surface area contributed by atoms with Crippen molar-refractivity contribution in [3.63, 3.8) is 0 Å². The van der Waals surface area contributed by atoms with Crippen molar-refractivity contribution in [1.82, 2.24) is 4.72 Å². The molecule has 1 heterocycles. The molecule has 1 aromatic rings. The highest BCUT2D eigenvalue weighted by atomic mass is 32.2. The molecule has 122 valence electrons. The number of rotatable bonds is 5. The Morgan fingerprint density at radius 1 is 1.36 bits per heavy atom. The molecule has 0 bridgehead atoms. The smallest absolute Gasteiger partial charge is 0.240 e. The van der Waals surface area contributed by atoms with E-state index in [0.717, 1.165) is 6.07 Å². The van der Waals surface area contributed by atoms with Crippen molar-refractivity contribution in [2.45, 2.75) is 24.7 Å². The molecule has 6 nitrogen and oxygen atoms in total. The molecular weight excluding hydrogens is 311 g/mol. The quantitative estimate of drug-likeness (QED) is 0.830. The van der Waals surface area contributed by atoms with Gasteiger partial charge in [0, 0.05) is 19.8 Å². The van der Waals surface area contributed by atoms with Crippen LogP contribution in [0.15, 0.2) is 23.1 Å². The predicted octanol–water partition coefficient (Wildman–Crippen LogP) is 0.695. The molecule has 0 unspecified atom stereocenters. The van der Waals surface area contributed by atoms with Crippen LogP contribution >= 0.6 is 0 Å². The number of carbonyl (C=O) groups is 1. The Kier molecular flexibility index (Phi) is 4.84. The lowest BCUT2D eigenvalue weighted by Crippen LogP contribution is -2.49. The number of benzene rings is 1. The monoisotopic (exact) mass is 330 g/mol. The number of primary amides is 1. The molecule has 3 N–H and O–H groups in total. The van der Waals surface area contributed by atoms with Gasteiger partial charge in [0.1, 0.15) is 5.82 Å². The first-order valence-corrected chi connectivity index (χ1v) is 8.38.